The highest BCUT2D eigenvalue weighted by Crippen LogP contribution is 2.29. The second-order valence-electron chi connectivity index (χ2n) is 14.8. The van der Waals surface area contributed by atoms with Crippen LogP contribution < -0.4 is 53.7 Å². The number of rotatable bonds is 20. The molecule has 0 unspecified atom stereocenters. The second kappa shape index (κ2) is 22.4. The third kappa shape index (κ3) is 13.0. The van der Waals surface area contributed by atoms with Gasteiger partial charge in [0, 0.05) is 61.3 Å². The molecule has 0 saturated carbocycles. The smallest absolute Gasteiger partial charge is 0.252 e. The zero-order valence-corrected chi connectivity index (χ0v) is 36.4. The average Bonchev–Trinajstić information content (AvgIpc) is 3.25. The van der Waals surface area contributed by atoms with Crippen LogP contribution in [0.4, 0.5) is 43.4 Å². The zero-order chi connectivity index (χ0) is 46.5. The highest BCUT2D eigenvalue weighted by molar-refractivity contribution is 5.99. The van der Waals surface area contributed by atoms with E-state index in [0.29, 0.717) is 49.3 Å². The Morgan fingerprint density at radius 1 is 0.594 bits per heavy atom. The normalized spacial score (nSPS) is 12.9. The summed E-state index contributed by atoms with van der Waals surface area (Å²) in [6.07, 6.45) is 3.16. The van der Waals surface area contributed by atoms with Gasteiger partial charge in [-0.25, -0.2) is 18.7 Å². The van der Waals surface area contributed by atoms with E-state index in [9.17, 15) is 18.4 Å². The Labute approximate surface area is 368 Å². The first-order chi connectivity index (χ1) is 30.6. The number of ether oxygens (including phenoxy) is 4. The van der Waals surface area contributed by atoms with Gasteiger partial charge in [-0.05, 0) is 76.2 Å². The highest BCUT2D eigenvalue weighted by Gasteiger charge is 2.20. The van der Waals surface area contributed by atoms with Crippen molar-refractivity contribution < 1.29 is 37.3 Å². The molecule has 12 N–H and O–H groups in total. The van der Waals surface area contributed by atoms with E-state index < -0.39 is 23.4 Å². The van der Waals surface area contributed by atoms with Gasteiger partial charge in [0.25, 0.3) is 11.8 Å². The molecule has 0 aliphatic carbocycles. The molecule has 0 spiro atoms. The molecule has 64 heavy (non-hydrogen) atoms. The third-order valence-corrected chi connectivity index (χ3v) is 9.74. The van der Waals surface area contributed by atoms with E-state index >= 15 is 0 Å². The number of benzene rings is 2. The lowest BCUT2D eigenvalue weighted by atomic mass is 10.1. The summed E-state index contributed by atoms with van der Waals surface area (Å²) in [5.41, 5.74) is 24.9. The number of anilines is 6. The zero-order valence-electron chi connectivity index (χ0n) is 36.4. The summed E-state index contributed by atoms with van der Waals surface area (Å²) in [5, 5.41) is 13.5. The van der Waals surface area contributed by atoms with Crippen LogP contribution >= 0.6 is 0 Å². The summed E-state index contributed by atoms with van der Waals surface area (Å²) < 4.78 is 50.1. The lowest BCUT2D eigenvalue weighted by Gasteiger charge is -2.20. The van der Waals surface area contributed by atoms with Gasteiger partial charge in [-0.2, -0.15) is 0 Å². The summed E-state index contributed by atoms with van der Waals surface area (Å²) in [7, 11) is 3.22. The molecule has 4 atom stereocenters. The minimum absolute atomic E-state index is 0.0334. The molecule has 4 heterocycles. The number of fused-ring (bicyclic) bond motifs is 2. The summed E-state index contributed by atoms with van der Waals surface area (Å²) in [5.74, 6) is -1.50. The van der Waals surface area contributed by atoms with E-state index in [2.05, 4.69) is 41.2 Å². The quantitative estimate of drug-likeness (QED) is 0.0435. The minimum Gasteiger partial charge on any atom is -0.491 e. The number of hydrogen-bond acceptors (Lipinski definition) is 16. The molecule has 20 heteroatoms. The Bertz CT molecular complexity index is 2390. The van der Waals surface area contributed by atoms with Crippen molar-refractivity contribution in [2.45, 2.75) is 51.9 Å². The fourth-order valence-corrected chi connectivity index (χ4v) is 5.72. The predicted octanol–water partition coefficient (Wildman–Crippen LogP) is 5.57. The van der Waals surface area contributed by atoms with E-state index in [1.807, 2.05) is 48.5 Å². The molecule has 18 nitrogen and oxygen atoms in total. The molecule has 0 radical (unpaired) electrons. The molecule has 2 amide bonds. The van der Waals surface area contributed by atoms with Crippen molar-refractivity contribution in [2.75, 3.05) is 61.9 Å². The number of methoxy groups -OCH3 is 2. The summed E-state index contributed by atoms with van der Waals surface area (Å²) in [6.45, 7) is 9.05. The molecule has 0 bridgehead atoms. The number of nitrogens with two attached hydrogens (primary N) is 4. The van der Waals surface area contributed by atoms with Crippen LogP contribution in [0.1, 0.15) is 48.4 Å². The number of primary amides is 2. The van der Waals surface area contributed by atoms with E-state index in [1.165, 1.54) is 0 Å². The van der Waals surface area contributed by atoms with Crippen LogP contribution in [-0.4, -0.2) is 96.6 Å². The summed E-state index contributed by atoms with van der Waals surface area (Å²) in [6, 6.07) is 15.8. The average molecular weight is 885 g/mol. The number of nitrogens with one attached hydrogen (secondary N) is 4. The Hall–Kier alpha value is -7.00. The minimum atomic E-state index is -0.808. The first-order valence-corrected chi connectivity index (χ1v) is 20.2. The maximum Gasteiger partial charge on any atom is 0.252 e. The third-order valence-electron chi connectivity index (χ3n) is 9.74. The van der Waals surface area contributed by atoms with Crippen molar-refractivity contribution in [2.24, 2.45) is 22.9 Å². The number of amides is 2. The van der Waals surface area contributed by atoms with E-state index in [-0.39, 0.29) is 58.6 Å². The van der Waals surface area contributed by atoms with Crippen LogP contribution in [-0.2, 0) is 9.47 Å². The van der Waals surface area contributed by atoms with Crippen molar-refractivity contribution >= 4 is 68.3 Å². The molecular weight excluding hydrogens is 831 g/mol. The monoisotopic (exact) mass is 884 g/mol. The van der Waals surface area contributed by atoms with Gasteiger partial charge < -0.3 is 63.1 Å². The molecule has 2 aromatic carbocycles. The van der Waals surface area contributed by atoms with Gasteiger partial charge in [0.1, 0.15) is 36.3 Å². The lowest BCUT2D eigenvalue weighted by Crippen LogP contribution is -2.35. The van der Waals surface area contributed by atoms with Gasteiger partial charge in [-0.15, -0.1) is 0 Å². The van der Waals surface area contributed by atoms with Crippen LogP contribution in [0.3, 0.4) is 0 Å². The van der Waals surface area contributed by atoms with Gasteiger partial charge in [-0.1, -0.05) is 0 Å². The maximum atomic E-state index is 14.5. The number of halogens is 2. The van der Waals surface area contributed by atoms with Crippen LogP contribution in [0, 0.1) is 11.6 Å². The molecule has 0 fully saturated rings. The topological polar surface area (TPSA) is 275 Å². The number of aromatic nitrogens is 4. The van der Waals surface area contributed by atoms with Crippen molar-refractivity contribution in [1.82, 2.24) is 19.9 Å². The standard InChI is InChI=1S/2C22H27FN6O3/c2*1-12(24)13(2)27-22-18(23)10-17(20(25)30)21(29-22)28-15-8-14-4-5-16(32-7-6-31-3)9-19(14)26-11-15/h2*4-5,8-13H,6-7,24H2,1-3H3,(H2,25,30)(H2,27,28,29)/t2*12-,13+/m10/s1. The number of hydrogen-bond donors (Lipinski definition) is 8. The van der Waals surface area contributed by atoms with E-state index in [1.54, 1.807) is 54.3 Å². The first-order valence-electron chi connectivity index (χ1n) is 20.2. The summed E-state index contributed by atoms with van der Waals surface area (Å²) >= 11 is 0. The van der Waals surface area contributed by atoms with Crippen LogP contribution in [0.25, 0.3) is 21.8 Å². The van der Waals surface area contributed by atoms with Gasteiger partial charge in [-0.3, -0.25) is 19.6 Å². The van der Waals surface area contributed by atoms with Crippen LogP contribution in [0.2, 0.25) is 0 Å². The molecule has 340 valence electrons. The second-order valence-corrected chi connectivity index (χ2v) is 14.8. The fraction of sp³-hybridized carbons (Fsp3) is 0.318. The Morgan fingerprint density at radius 2 is 0.984 bits per heavy atom. The predicted molar refractivity (Wildman–Crippen MR) is 244 cm³/mol. The number of carbonyl (C=O) groups excluding carboxylic acids is 2. The van der Waals surface area contributed by atoms with Crippen molar-refractivity contribution in [3.63, 3.8) is 0 Å². The molecule has 0 aliphatic rings. The fourth-order valence-electron chi connectivity index (χ4n) is 5.72. The Morgan fingerprint density at radius 3 is 1.33 bits per heavy atom. The Kier molecular flexibility index (Phi) is 16.8. The molecule has 0 saturated heterocycles. The highest BCUT2D eigenvalue weighted by atomic mass is 19.1. The maximum absolute atomic E-state index is 14.5. The van der Waals surface area contributed by atoms with E-state index in [0.717, 1.165) is 33.9 Å². The largest absolute Gasteiger partial charge is 0.491 e. The Balaban J connectivity index is 0.000000241. The van der Waals surface area contributed by atoms with Gasteiger partial charge in [0.05, 0.1) is 59.1 Å². The number of carbonyl (C=O) groups is 2. The number of pyridine rings is 4. The van der Waals surface area contributed by atoms with Crippen molar-refractivity contribution in [1.29, 1.82) is 0 Å². The van der Waals surface area contributed by atoms with Gasteiger partial charge >= 0.3 is 0 Å². The van der Waals surface area contributed by atoms with Gasteiger partial charge in [0.15, 0.2) is 23.3 Å². The van der Waals surface area contributed by atoms with Crippen molar-refractivity contribution in [3.8, 4) is 11.5 Å². The van der Waals surface area contributed by atoms with E-state index in [4.69, 9.17) is 41.9 Å². The van der Waals surface area contributed by atoms with Crippen LogP contribution in [0.15, 0.2) is 73.1 Å². The molecule has 4 aromatic heterocycles. The lowest BCUT2D eigenvalue weighted by molar-refractivity contribution is 0.0992. The molecule has 6 aromatic rings. The summed E-state index contributed by atoms with van der Waals surface area (Å²) in [4.78, 5) is 41.0. The van der Waals surface area contributed by atoms with Crippen molar-refractivity contribution in [3.05, 3.63) is 95.8 Å². The van der Waals surface area contributed by atoms with Crippen LogP contribution in [0.5, 0.6) is 11.5 Å². The molecule has 6 rings (SSSR count). The number of nitrogens with zero attached hydrogens (tertiary/aromatic N) is 4. The van der Waals surface area contributed by atoms with Gasteiger partial charge in [0.2, 0.25) is 0 Å². The molecule has 0 aliphatic heterocycles. The first kappa shape index (κ1) is 48.0. The SMILES string of the molecule is COCCOc1ccc2cc(Nc3nc(N[C@@H](C)[C@@H](C)N)c(F)cc3C(N)=O)cnc2c1.COCCOc1ccc2cc(Nc3nc(N[C@H](C)[C@H](C)N)c(F)cc3C(N)=O)cnc2c1. The molecular formula is C44H54F2N12O6.